The highest BCUT2D eigenvalue weighted by atomic mass is 16.6. The van der Waals surface area contributed by atoms with Gasteiger partial charge in [0.05, 0.1) is 0 Å². The second-order valence-corrected chi connectivity index (χ2v) is 12.9. The Hall–Kier alpha value is -3.10. The third-order valence-electron chi connectivity index (χ3n) is 7.43. The molecule has 3 unspecified atom stereocenters. The fourth-order valence-electron chi connectivity index (χ4n) is 5.20. The largest absolute Gasteiger partial charge is 0.444 e. The van der Waals surface area contributed by atoms with Gasteiger partial charge in [0.25, 0.3) is 0 Å². The molecule has 2 rings (SSSR count). The van der Waals surface area contributed by atoms with E-state index in [-0.39, 0.29) is 30.8 Å². The molecule has 4 N–H and O–H groups in total. The minimum absolute atomic E-state index is 0.00826. The maximum absolute atomic E-state index is 14.4. The van der Waals surface area contributed by atoms with E-state index < -0.39 is 35.6 Å². The molecule has 0 saturated heterocycles. The smallest absolute Gasteiger partial charge is 0.408 e. The molecule has 41 heavy (non-hydrogen) atoms. The zero-order valence-electron chi connectivity index (χ0n) is 26.1. The number of nitrogens with one attached hydrogen (secondary N) is 2. The SMILES string of the molecule is Cc1ccc(C(C(=O)NC2CCCCC2)N(C(=O)C(CCC(N)=O)NC(=O)OC(C)(C)C)C(C)CCC(C)C)cc1. The Bertz CT molecular complexity index is 1010. The van der Waals surface area contributed by atoms with Gasteiger partial charge in [-0.05, 0) is 78.2 Å². The van der Waals surface area contributed by atoms with Crippen molar-refractivity contribution < 1.29 is 23.9 Å². The third-order valence-corrected chi connectivity index (χ3v) is 7.43. The number of alkyl carbamates (subject to hydrolysis) is 1. The summed E-state index contributed by atoms with van der Waals surface area (Å²) in [6.07, 6.45) is 5.71. The molecule has 9 nitrogen and oxygen atoms in total. The van der Waals surface area contributed by atoms with Gasteiger partial charge in [0.15, 0.2) is 0 Å². The molecule has 0 bridgehead atoms. The fourth-order valence-corrected chi connectivity index (χ4v) is 5.20. The third kappa shape index (κ3) is 11.7. The van der Waals surface area contributed by atoms with E-state index in [1.165, 1.54) is 0 Å². The van der Waals surface area contributed by atoms with Gasteiger partial charge in [0.2, 0.25) is 17.7 Å². The van der Waals surface area contributed by atoms with E-state index in [4.69, 9.17) is 10.5 Å². The molecule has 0 aliphatic heterocycles. The molecule has 1 aliphatic rings. The van der Waals surface area contributed by atoms with Crippen molar-refractivity contribution in [2.45, 2.75) is 136 Å². The molecule has 1 aromatic rings. The van der Waals surface area contributed by atoms with Crippen molar-refractivity contribution >= 4 is 23.8 Å². The summed E-state index contributed by atoms with van der Waals surface area (Å²) in [5, 5.41) is 5.90. The Morgan fingerprint density at radius 2 is 1.59 bits per heavy atom. The van der Waals surface area contributed by atoms with Crippen LogP contribution in [-0.2, 0) is 19.1 Å². The number of nitrogens with two attached hydrogens (primary N) is 1. The Morgan fingerprint density at radius 3 is 2.12 bits per heavy atom. The molecule has 9 heteroatoms. The lowest BCUT2D eigenvalue weighted by Gasteiger charge is -2.39. The van der Waals surface area contributed by atoms with Crippen LogP contribution in [0.15, 0.2) is 24.3 Å². The molecule has 4 amide bonds. The van der Waals surface area contributed by atoms with E-state index in [0.717, 1.165) is 44.1 Å². The van der Waals surface area contributed by atoms with E-state index in [9.17, 15) is 19.2 Å². The number of ether oxygens (including phenoxy) is 1. The second kappa shape index (κ2) is 15.8. The summed E-state index contributed by atoms with van der Waals surface area (Å²) < 4.78 is 5.43. The lowest BCUT2D eigenvalue weighted by atomic mass is 9.93. The number of primary amides is 1. The molecule has 1 saturated carbocycles. The van der Waals surface area contributed by atoms with Gasteiger partial charge in [-0.1, -0.05) is 62.9 Å². The monoisotopic (exact) mass is 572 g/mol. The van der Waals surface area contributed by atoms with E-state index in [2.05, 4.69) is 24.5 Å². The van der Waals surface area contributed by atoms with Gasteiger partial charge in [-0.2, -0.15) is 0 Å². The summed E-state index contributed by atoms with van der Waals surface area (Å²) >= 11 is 0. The zero-order chi connectivity index (χ0) is 30.7. The van der Waals surface area contributed by atoms with Crippen molar-refractivity contribution in [2.24, 2.45) is 11.7 Å². The van der Waals surface area contributed by atoms with Crippen molar-refractivity contribution in [1.82, 2.24) is 15.5 Å². The van der Waals surface area contributed by atoms with Crippen LogP contribution >= 0.6 is 0 Å². The quantitative estimate of drug-likeness (QED) is 0.295. The molecule has 230 valence electrons. The number of aryl methyl sites for hydroxylation is 1. The van der Waals surface area contributed by atoms with Crippen LogP contribution in [0.25, 0.3) is 0 Å². The van der Waals surface area contributed by atoms with Crippen LogP contribution in [0.2, 0.25) is 0 Å². The number of hydrogen-bond acceptors (Lipinski definition) is 5. The summed E-state index contributed by atoms with van der Waals surface area (Å²) in [6, 6.07) is 5.34. The van der Waals surface area contributed by atoms with Gasteiger partial charge in [0.1, 0.15) is 17.7 Å². The first-order chi connectivity index (χ1) is 19.2. The molecule has 1 aromatic carbocycles. The van der Waals surface area contributed by atoms with Crippen molar-refractivity contribution in [2.75, 3.05) is 0 Å². The summed E-state index contributed by atoms with van der Waals surface area (Å²) in [5.74, 6) is -0.874. The van der Waals surface area contributed by atoms with Crippen LogP contribution in [-0.4, -0.2) is 52.4 Å². The van der Waals surface area contributed by atoms with E-state index in [1.807, 2.05) is 38.1 Å². The van der Waals surface area contributed by atoms with Crippen LogP contribution < -0.4 is 16.4 Å². The molecule has 0 heterocycles. The molecule has 1 aliphatic carbocycles. The number of amides is 4. The highest BCUT2D eigenvalue weighted by Gasteiger charge is 2.39. The van der Waals surface area contributed by atoms with E-state index >= 15 is 0 Å². The maximum atomic E-state index is 14.4. The van der Waals surface area contributed by atoms with Gasteiger partial charge >= 0.3 is 6.09 Å². The van der Waals surface area contributed by atoms with Crippen LogP contribution in [0.1, 0.15) is 116 Å². The van der Waals surface area contributed by atoms with Crippen LogP contribution in [0.3, 0.4) is 0 Å². The molecule has 0 spiro atoms. The van der Waals surface area contributed by atoms with Gasteiger partial charge in [-0.3, -0.25) is 14.4 Å². The average molecular weight is 573 g/mol. The van der Waals surface area contributed by atoms with Crippen LogP contribution in [0, 0.1) is 12.8 Å². The van der Waals surface area contributed by atoms with E-state index in [1.54, 1.807) is 25.7 Å². The maximum Gasteiger partial charge on any atom is 0.408 e. The first-order valence-electron chi connectivity index (χ1n) is 15.1. The van der Waals surface area contributed by atoms with E-state index in [0.29, 0.717) is 17.9 Å². The minimum atomic E-state index is -1.10. The minimum Gasteiger partial charge on any atom is -0.444 e. The van der Waals surface area contributed by atoms with Crippen molar-refractivity contribution in [3.8, 4) is 0 Å². The molecule has 0 aromatic heterocycles. The summed E-state index contributed by atoms with van der Waals surface area (Å²) in [4.78, 5) is 54.7. The van der Waals surface area contributed by atoms with Gasteiger partial charge in [0, 0.05) is 18.5 Å². The van der Waals surface area contributed by atoms with Gasteiger partial charge < -0.3 is 26.0 Å². The summed E-state index contributed by atoms with van der Waals surface area (Å²) in [5.41, 5.74) is 6.39. The average Bonchev–Trinajstić information content (AvgIpc) is 2.88. The molecular formula is C32H52N4O5. The van der Waals surface area contributed by atoms with Crippen LogP contribution in [0.4, 0.5) is 4.79 Å². The molecule has 3 atom stereocenters. The number of carbonyl (C=O) groups is 4. The Kier molecular flexibility index (Phi) is 13.1. The molecular weight excluding hydrogens is 520 g/mol. The van der Waals surface area contributed by atoms with Crippen LogP contribution in [0.5, 0.6) is 0 Å². The normalized spacial score (nSPS) is 16.4. The summed E-state index contributed by atoms with van der Waals surface area (Å²) in [6.45, 7) is 13.3. The van der Waals surface area contributed by atoms with Crippen molar-refractivity contribution in [3.05, 3.63) is 35.4 Å². The predicted octanol–water partition coefficient (Wildman–Crippen LogP) is 5.30. The summed E-state index contributed by atoms with van der Waals surface area (Å²) in [7, 11) is 0. The second-order valence-electron chi connectivity index (χ2n) is 12.9. The fraction of sp³-hybridized carbons (Fsp3) is 0.688. The van der Waals surface area contributed by atoms with Crippen molar-refractivity contribution in [3.63, 3.8) is 0 Å². The molecule has 1 fully saturated rings. The number of nitrogens with zero attached hydrogens (tertiary/aromatic N) is 1. The topological polar surface area (TPSA) is 131 Å². The Labute approximate surface area is 246 Å². The highest BCUT2D eigenvalue weighted by Crippen LogP contribution is 2.29. The van der Waals surface area contributed by atoms with Crippen molar-refractivity contribution in [1.29, 1.82) is 0 Å². The lowest BCUT2D eigenvalue weighted by Crippen LogP contribution is -2.56. The number of rotatable bonds is 13. The number of carbonyl (C=O) groups excluding carboxylic acids is 4. The van der Waals surface area contributed by atoms with Gasteiger partial charge in [-0.15, -0.1) is 0 Å². The standard InChI is InChI=1S/C32H52N4O5/c1-21(2)13-16-23(4)36(30(39)26(19-20-27(33)37)35-31(40)41-32(5,6)7)28(24-17-14-22(3)15-18-24)29(38)34-25-11-9-8-10-12-25/h14-15,17-18,21,23,25-26,28H,8-13,16,19-20H2,1-7H3,(H2,33,37)(H,34,38)(H,35,40). The predicted molar refractivity (Wildman–Crippen MR) is 161 cm³/mol. The Morgan fingerprint density at radius 1 is 0.976 bits per heavy atom. The zero-order valence-corrected chi connectivity index (χ0v) is 26.1. The lowest BCUT2D eigenvalue weighted by molar-refractivity contribution is -0.145. The first-order valence-corrected chi connectivity index (χ1v) is 15.1. The Balaban J connectivity index is 2.55. The highest BCUT2D eigenvalue weighted by molar-refractivity contribution is 5.92. The van der Waals surface area contributed by atoms with Gasteiger partial charge in [-0.25, -0.2) is 4.79 Å². The number of benzene rings is 1. The number of hydrogen-bond donors (Lipinski definition) is 3. The molecule has 0 radical (unpaired) electrons. The first kappa shape index (κ1) is 34.1.